The van der Waals surface area contributed by atoms with Gasteiger partial charge in [-0.2, -0.15) is 0 Å². The summed E-state index contributed by atoms with van der Waals surface area (Å²) in [4.78, 5) is 14.6. The van der Waals surface area contributed by atoms with Crippen molar-refractivity contribution in [3.05, 3.63) is 17.5 Å². The van der Waals surface area contributed by atoms with E-state index >= 15 is 0 Å². The van der Waals surface area contributed by atoms with Crippen molar-refractivity contribution in [1.29, 1.82) is 0 Å². The molecule has 6 nitrogen and oxygen atoms in total. The molecule has 2 aliphatic heterocycles. The Morgan fingerprint density at radius 1 is 1.43 bits per heavy atom. The normalized spacial score (nSPS) is 31.6. The van der Waals surface area contributed by atoms with Crippen LogP contribution in [0.4, 0.5) is 0 Å². The lowest BCUT2D eigenvalue weighted by molar-refractivity contribution is -0.134. The number of amides is 1. The molecule has 1 amide bonds. The van der Waals surface area contributed by atoms with Crippen LogP contribution in [0.3, 0.4) is 0 Å². The van der Waals surface area contributed by atoms with E-state index in [0.717, 1.165) is 56.8 Å². The summed E-state index contributed by atoms with van der Waals surface area (Å²) in [5.41, 5.74) is 0.971. The van der Waals surface area contributed by atoms with Crippen LogP contribution in [0.15, 0.2) is 10.6 Å². The fraction of sp³-hybridized carbons (Fsp3) is 0.765. The highest BCUT2D eigenvalue weighted by molar-refractivity contribution is 5.81. The Labute approximate surface area is 136 Å². The van der Waals surface area contributed by atoms with Gasteiger partial charge in [-0.25, -0.2) is 0 Å². The van der Waals surface area contributed by atoms with Crippen LogP contribution in [0.1, 0.15) is 43.6 Å². The molecule has 1 saturated carbocycles. The number of carbonyl (C=O) groups excluding carboxylic acids is 1. The first-order chi connectivity index (χ1) is 11.2. The first kappa shape index (κ1) is 15.1. The van der Waals surface area contributed by atoms with E-state index < -0.39 is 0 Å². The van der Waals surface area contributed by atoms with E-state index in [0.29, 0.717) is 12.0 Å². The van der Waals surface area contributed by atoms with Crippen LogP contribution < -0.4 is 5.32 Å². The van der Waals surface area contributed by atoms with Crippen molar-refractivity contribution in [2.45, 2.75) is 63.8 Å². The molecule has 1 aromatic rings. The van der Waals surface area contributed by atoms with E-state index in [1.165, 1.54) is 6.42 Å². The van der Waals surface area contributed by atoms with Crippen molar-refractivity contribution < 1.29 is 14.1 Å². The number of hydrogen-bond acceptors (Lipinski definition) is 5. The number of nitrogens with one attached hydrogen (secondary N) is 1. The Morgan fingerprint density at radius 3 is 3.00 bits per heavy atom. The summed E-state index contributed by atoms with van der Waals surface area (Å²) in [7, 11) is 0. The third kappa shape index (κ3) is 3.28. The number of rotatable bonds is 4. The van der Waals surface area contributed by atoms with Crippen LogP contribution in [-0.2, 0) is 16.1 Å². The fourth-order valence-corrected chi connectivity index (χ4v) is 3.88. The number of hydrogen-bond donors (Lipinski definition) is 1. The summed E-state index contributed by atoms with van der Waals surface area (Å²) in [6, 6.07) is 2.37. The third-order valence-electron chi connectivity index (χ3n) is 5.44. The van der Waals surface area contributed by atoms with Gasteiger partial charge in [0.1, 0.15) is 11.9 Å². The van der Waals surface area contributed by atoms with Gasteiger partial charge in [0.2, 0.25) is 5.91 Å². The molecule has 3 heterocycles. The largest absolute Gasteiger partial charge is 0.364 e. The highest BCUT2D eigenvalue weighted by Gasteiger charge is 2.42. The minimum atomic E-state index is -0.250. The van der Waals surface area contributed by atoms with Crippen LogP contribution in [-0.4, -0.2) is 47.3 Å². The second kappa shape index (κ2) is 6.24. The molecule has 0 spiro atoms. The molecule has 126 valence electrons. The standard InChI is InChI=1S/C17H25N3O3/c1-11-7-14(19-23-11)9-20-6-5-12-8-15(22-16(12)10-20)17(21)18-13-3-2-4-13/h7,12-13,15-16H,2-6,8-10H2,1H3,(H,18,21)/t12-,15+,16+/m1/s1. The molecule has 3 atom stereocenters. The Morgan fingerprint density at radius 2 is 2.30 bits per heavy atom. The minimum absolute atomic E-state index is 0.0998. The molecule has 1 N–H and O–H groups in total. The van der Waals surface area contributed by atoms with Gasteiger partial charge in [-0.05, 0) is 51.5 Å². The van der Waals surface area contributed by atoms with Gasteiger partial charge < -0.3 is 14.6 Å². The second-order valence-electron chi connectivity index (χ2n) is 7.25. The predicted molar refractivity (Wildman–Crippen MR) is 83.7 cm³/mol. The summed E-state index contributed by atoms with van der Waals surface area (Å²) in [5.74, 6) is 1.46. The van der Waals surface area contributed by atoms with Crippen molar-refractivity contribution in [2.24, 2.45) is 5.92 Å². The monoisotopic (exact) mass is 319 g/mol. The number of likely N-dealkylation sites (tertiary alicyclic amines) is 1. The number of ether oxygens (including phenoxy) is 1. The highest BCUT2D eigenvalue weighted by Crippen LogP contribution is 2.34. The average Bonchev–Trinajstić information content (AvgIpc) is 3.08. The molecule has 0 radical (unpaired) electrons. The smallest absolute Gasteiger partial charge is 0.249 e. The molecule has 23 heavy (non-hydrogen) atoms. The first-order valence-electron chi connectivity index (χ1n) is 8.78. The Bertz CT molecular complexity index is 569. The quantitative estimate of drug-likeness (QED) is 0.913. The molecule has 0 bridgehead atoms. The van der Waals surface area contributed by atoms with Gasteiger partial charge in [-0.1, -0.05) is 5.16 Å². The Hall–Kier alpha value is -1.40. The van der Waals surface area contributed by atoms with E-state index in [1.807, 2.05) is 13.0 Å². The van der Waals surface area contributed by atoms with Gasteiger partial charge in [0.15, 0.2) is 0 Å². The topological polar surface area (TPSA) is 67.6 Å². The number of nitrogens with zero attached hydrogens (tertiary/aromatic N) is 2. The van der Waals surface area contributed by atoms with Crippen LogP contribution >= 0.6 is 0 Å². The number of piperidine rings is 1. The van der Waals surface area contributed by atoms with E-state index in [9.17, 15) is 4.79 Å². The number of aryl methyl sites for hydroxylation is 1. The molecular weight excluding hydrogens is 294 g/mol. The molecule has 2 saturated heterocycles. The molecule has 1 aliphatic carbocycles. The zero-order valence-corrected chi connectivity index (χ0v) is 13.7. The maximum absolute atomic E-state index is 12.3. The van der Waals surface area contributed by atoms with E-state index in [1.54, 1.807) is 0 Å². The first-order valence-corrected chi connectivity index (χ1v) is 8.78. The summed E-state index contributed by atoms with van der Waals surface area (Å²) >= 11 is 0. The maximum Gasteiger partial charge on any atom is 0.249 e. The number of carbonyl (C=O) groups is 1. The van der Waals surface area contributed by atoms with Crippen molar-refractivity contribution in [3.8, 4) is 0 Å². The molecule has 0 unspecified atom stereocenters. The van der Waals surface area contributed by atoms with Crippen LogP contribution in [0.25, 0.3) is 0 Å². The summed E-state index contributed by atoms with van der Waals surface area (Å²) in [5, 5.41) is 7.19. The van der Waals surface area contributed by atoms with E-state index in [2.05, 4.69) is 15.4 Å². The Balaban J connectivity index is 1.30. The van der Waals surface area contributed by atoms with Gasteiger partial charge in [-0.15, -0.1) is 0 Å². The summed E-state index contributed by atoms with van der Waals surface area (Å²) in [6.07, 6.45) is 5.37. The minimum Gasteiger partial charge on any atom is -0.364 e. The molecule has 4 rings (SSSR count). The summed E-state index contributed by atoms with van der Waals surface area (Å²) in [6.45, 7) is 4.62. The lowest BCUT2D eigenvalue weighted by Gasteiger charge is -2.33. The predicted octanol–water partition coefficient (Wildman–Crippen LogP) is 1.63. The molecule has 6 heteroatoms. The van der Waals surface area contributed by atoms with Crippen molar-refractivity contribution >= 4 is 5.91 Å². The highest BCUT2D eigenvalue weighted by atomic mass is 16.5. The molecule has 1 aromatic heterocycles. The number of fused-ring (bicyclic) bond motifs is 1. The molecule has 0 aromatic carbocycles. The lowest BCUT2D eigenvalue weighted by Crippen LogP contribution is -2.45. The maximum atomic E-state index is 12.3. The van der Waals surface area contributed by atoms with Gasteiger partial charge in [0, 0.05) is 25.2 Å². The fourth-order valence-electron chi connectivity index (χ4n) is 3.88. The van der Waals surface area contributed by atoms with Crippen LogP contribution in [0, 0.1) is 12.8 Å². The van der Waals surface area contributed by atoms with Crippen LogP contribution in [0.5, 0.6) is 0 Å². The second-order valence-corrected chi connectivity index (χ2v) is 7.25. The SMILES string of the molecule is Cc1cc(CN2CC[C@@H]3C[C@@H](C(=O)NC4CCC4)O[C@H]3C2)no1. The van der Waals surface area contributed by atoms with Crippen molar-refractivity contribution in [3.63, 3.8) is 0 Å². The Kier molecular flexibility index (Phi) is 4.11. The molecule has 3 fully saturated rings. The van der Waals surface area contributed by atoms with E-state index in [4.69, 9.17) is 9.26 Å². The van der Waals surface area contributed by atoms with Gasteiger partial charge >= 0.3 is 0 Å². The zero-order valence-electron chi connectivity index (χ0n) is 13.7. The van der Waals surface area contributed by atoms with Gasteiger partial charge in [0.25, 0.3) is 0 Å². The molecule has 3 aliphatic rings. The van der Waals surface area contributed by atoms with Gasteiger partial charge in [0.05, 0.1) is 11.8 Å². The zero-order chi connectivity index (χ0) is 15.8. The van der Waals surface area contributed by atoms with Gasteiger partial charge in [-0.3, -0.25) is 9.69 Å². The number of aromatic nitrogens is 1. The lowest BCUT2D eigenvalue weighted by atomic mass is 9.90. The molecular formula is C17H25N3O3. The van der Waals surface area contributed by atoms with E-state index in [-0.39, 0.29) is 18.1 Å². The summed E-state index contributed by atoms with van der Waals surface area (Å²) < 4.78 is 11.2. The average molecular weight is 319 g/mol. The third-order valence-corrected chi connectivity index (χ3v) is 5.44. The van der Waals surface area contributed by atoms with Crippen molar-refractivity contribution in [1.82, 2.24) is 15.4 Å². The van der Waals surface area contributed by atoms with Crippen LogP contribution in [0.2, 0.25) is 0 Å². The van der Waals surface area contributed by atoms with Crippen molar-refractivity contribution in [2.75, 3.05) is 13.1 Å².